The number of carbonyl (C=O) groups is 1. The van der Waals surface area contributed by atoms with Gasteiger partial charge in [0.1, 0.15) is 0 Å². The Hall–Kier alpha value is -1.66. The minimum atomic E-state index is 0.0947. The maximum Gasteiger partial charge on any atom is 0.176 e. The largest absolute Gasteiger partial charge is 0.296 e. The molecule has 1 atom stereocenters. The molecular formula is C14H18N2O. The summed E-state index contributed by atoms with van der Waals surface area (Å²) in [5.74, 6) is 0.0947. The molecule has 0 aliphatic rings. The number of hydrogen-bond donors (Lipinski definition) is 0. The maximum absolute atomic E-state index is 12.0. The van der Waals surface area contributed by atoms with Crippen LogP contribution in [0.3, 0.4) is 0 Å². The molecule has 0 radical (unpaired) electrons. The average molecular weight is 230 g/mol. The van der Waals surface area contributed by atoms with Crippen molar-refractivity contribution in [2.45, 2.75) is 26.3 Å². The van der Waals surface area contributed by atoms with E-state index in [0.29, 0.717) is 23.7 Å². The van der Waals surface area contributed by atoms with Crippen LogP contribution < -0.4 is 0 Å². The fourth-order valence-electron chi connectivity index (χ4n) is 1.52. The summed E-state index contributed by atoms with van der Waals surface area (Å²) in [7, 11) is 1.95. The van der Waals surface area contributed by atoms with Crippen molar-refractivity contribution >= 4 is 5.78 Å². The number of nitrogens with zero attached hydrogens (tertiary/aromatic N) is 2. The van der Waals surface area contributed by atoms with Gasteiger partial charge in [-0.05, 0) is 32.5 Å². The number of Topliss-reactive ketones (excluding diaryl/α,β-unsaturated/α-hetero) is 1. The Morgan fingerprint density at radius 3 is 2.47 bits per heavy atom. The summed E-state index contributed by atoms with van der Waals surface area (Å²) in [6.45, 7) is 4.63. The molecule has 0 aromatic heterocycles. The standard InChI is InChI=1S/C14H18N2O/c1-4-11(2)16(3)10-14(17)13-7-5-12(9-15)6-8-13/h5-8,11H,4,10H2,1-3H3. The summed E-state index contributed by atoms with van der Waals surface area (Å²) in [6, 6.07) is 9.22. The van der Waals surface area contributed by atoms with E-state index >= 15 is 0 Å². The molecule has 0 heterocycles. The molecule has 0 aliphatic heterocycles. The fraction of sp³-hybridized carbons (Fsp3) is 0.429. The molecule has 90 valence electrons. The fourth-order valence-corrected chi connectivity index (χ4v) is 1.52. The Bertz CT molecular complexity index is 417. The molecule has 0 saturated heterocycles. The zero-order chi connectivity index (χ0) is 12.8. The van der Waals surface area contributed by atoms with Crippen molar-refractivity contribution in [2.24, 2.45) is 0 Å². The van der Waals surface area contributed by atoms with E-state index in [1.165, 1.54) is 0 Å². The highest BCUT2D eigenvalue weighted by Crippen LogP contribution is 2.07. The number of rotatable bonds is 5. The number of likely N-dealkylation sites (N-methyl/N-ethyl adjacent to an activating group) is 1. The third-order valence-corrected chi connectivity index (χ3v) is 3.07. The van der Waals surface area contributed by atoms with Gasteiger partial charge in [-0.3, -0.25) is 9.69 Å². The highest BCUT2D eigenvalue weighted by molar-refractivity contribution is 5.97. The van der Waals surface area contributed by atoms with Gasteiger partial charge in [-0.15, -0.1) is 0 Å². The number of ketones is 1. The van der Waals surface area contributed by atoms with Crippen molar-refractivity contribution in [2.75, 3.05) is 13.6 Å². The lowest BCUT2D eigenvalue weighted by Crippen LogP contribution is -2.33. The second-order valence-corrected chi connectivity index (χ2v) is 4.28. The normalized spacial score (nSPS) is 12.2. The van der Waals surface area contributed by atoms with Crippen molar-refractivity contribution in [3.63, 3.8) is 0 Å². The molecule has 0 fully saturated rings. The van der Waals surface area contributed by atoms with Crippen LogP contribution in [0.4, 0.5) is 0 Å². The van der Waals surface area contributed by atoms with Crippen LogP contribution in [0.5, 0.6) is 0 Å². The first-order valence-electron chi connectivity index (χ1n) is 5.82. The van der Waals surface area contributed by atoms with E-state index in [2.05, 4.69) is 13.8 Å². The first kappa shape index (κ1) is 13.4. The highest BCUT2D eigenvalue weighted by atomic mass is 16.1. The van der Waals surface area contributed by atoms with Crippen LogP contribution in [0.25, 0.3) is 0 Å². The van der Waals surface area contributed by atoms with E-state index in [4.69, 9.17) is 5.26 Å². The molecule has 0 aliphatic carbocycles. The van der Waals surface area contributed by atoms with Crippen molar-refractivity contribution in [3.05, 3.63) is 35.4 Å². The topological polar surface area (TPSA) is 44.1 Å². The Balaban J connectivity index is 2.67. The number of hydrogen-bond acceptors (Lipinski definition) is 3. The lowest BCUT2D eigenvalue weighted by Gasteiger charge is -2.22. The van der Waals surface area contributed by atoms with Crippen LogP contribution in [0, 0.1) is 11.3 Å². The van der Waals surface area contributed by atoms with Crippen LogP contribution in [0.15, 0.2) is 24.3 Å². The second-order valence-electron chi connectivity index (χ2n) is 4.28. The lowest BCUT2D eigenvalue weighted by molar-refractivity contribution is 0.0923. The van der Waals surface area contributed by atoms with Gasteiger partial charge < -0.3 is 0 Å². The lowest BCUT2D eigenvalue weighted by atomic mass is 10.1. The molecule has 1 unspecified atom stereocenters. The van der Waals surface area contributed by atoms with Gasteiger partial charge in [0.2, 0.25) is 0 Å². The SMILES string of the molecule is CCC(C)N(C)CC(=O)c1ccc(C#N)cc1. The second kappa shape index (κ2) is 6.17. The summed E-state index contributed by atoms with van der Waals surface area (Å²) < 4.78 is 0. The molecule has 1 aromatic rings. The smallest absolute Gasteiger partial charge is 0.176 e. The zero-order valence-corrected chi connectivity index (χ0v) is 10.6. The minimum absolute atomic E-state index is 0.0947. The van der Waals surface area contributed by atoms with Gasteiger partial charge in [-0.1, -0.05) is 19.1 Å². The molecule has 17 heavy (non-hydrogen) atoms. The Labute approximate surface area is 103 Å². The van der Waals surface area contributed by atoms with Crippen LogP contribution >= 0.6 is 0 Å². The molecule has 0 N–H and O–H groups in total. The van der Waals surface area contributed by atoms with E-state index in [0.717, 1.165) is 6.42 Å². The third kappa shape index (κ3) is 3.69. The molecule has 1 rings (SSSR count). The molecule has 3 nitrogen and oxygen atoms in total. The molecule has 0 bridgehead atoms. The van der Waals surface area contributed by atoms with E-state index in [-0.39, 0.29) is 5.78 Å². The van der Waals surface area contributed by atoms with Gasteiger partial charge in [0, 0.05) is 11.6 Å². The minimum Gasteiger partial charge on any atom is -0.296 e. The van der Waals surface area contributed by atoms with Gasteiger partial charge in [-0.2, -0.15) is 5.26 Å². The monoisotopic (exact) mass is 230 g/mol. The molecule has 0 amide bonds. The number of benzene rings is 1. The molecule has 3 heteroatoms. The van der Waals surface area contributed by atoms with Gasteiger partial charge in [-0.25, -0.2) is 0 Å². The average Bonchev–Trinajstić information content (AvgIpc) is 2.37. The molecule has 0 spiro atoms. The van der Waals surface area contributed by atoms with Gasteiger partial charge in [0.15, 0.2) is 5.78 Å². The summed E-state index contributed by atoms with van der Waals surface area (Å²) >= 11 is 0. The third-order valence-electron chi connectivity index (χ3n) is 3.07. The van der Waals surface area contributed by atoms with Crippen LogP contribution in [0.1, 0.15) is 36.2 Å². The Kier molecular flexibility index (Phi) is 4.86. The Morgan fingerprint density at radius 2 is 2.00 bits per heavy atom. The number of nitriles is 1. The van der Waals surface area contributed by atoms with E-state index in [9.17, 15) is 4.79 Å². The summed E-state index contributed by atoms with van der Waals surface area (Å²) in [5, 5.41) is 8.67. The summed E-state index contributed by atoms with van der Waals surface area (Å²) in [4.78, 5) is 14.0. The first-order chi connectivity index (χ1) is 8.08. The van der Waals surface area contributed by atoms with Crippen molar-refractivity contribution in [1.29, 1.82) is 5.26 Å². The zero-order valence-electron chi connectivity index (χ0n) is 10.6. The van der Waals surface area contributed by atoms with Crippen molar-refractivity contribution in [1.82, 2.24) is 4.90 Å². The van der Waals surface area contributed by atoms with Gasteiger partial charge in [0.25, 0.3) is 0 Å². The Morgan fingerprint density at radius 1 is 1.41 bits per heavy atom. The van der Waals surface area contributed by atoms with Crippen LogP contribution in [-0.2, 0) is 0 Å². The van der Waals surface area contributed by atoms with Crippen LogP contribution in [0.2, 0.25) is 0 Å². The molecular weight excluding hydrogens is 212 g/mol. The van der Waals surface area contributed by atoms with E-state index in [1.807, 2.05) is 18.0 Å². The quantitative estimate of drug-likeness (QED) is 0.730. The summed E-state index contributed by atoms with van der Waals surface area (Å²) in [6.07, 6.45) is 1.02. The molecule has 1 aromatic carbocycles. The summed E-state index contributed by atoms with van der Waals surface area (Å²) in [5.41, 5.74) is 1.25. The van der Waals surface area contributed by atoms with Crippen molar-refractivity contribution in [3.8, 4) is 6.07 Å². The highest BCUT2D eigenvalue weighted by Gasteiger charge is 2.12. The van der Waals surface area contributed by atoms with Gasteiger partial charge >= 0.3 is 0 Å². The maximum atomic E-state index is 12.0. The predicted molar refractivity (Wildman–Crippen MR) is 67.9 cm³/mol. The molecule has 0 saturated carbocycles. The predicted octanol–water partition coefficient (Wildman–Crippen LogP) is 2.47. The number of carbonyl (C=O) groups excluding carboxylic acids is 1. The first-order valence-corrected chi connectivity index (χ1v) is 5.82. The van der Waals surface area contributed by atoms with Gasteiger partial charge in [0.05, 0.1) is 18.2 Å². The van der Waals surface area contributed by atoms with Crippen LogP contribution in [-0.4, -0.2) is 30.3 Å². The van der Waals surface area contributed by atoms with Crippen molar-refractivity contribution < 1.29 is 4.79 Å². The van der Waals surface area contributed by atoms with E-state index < -0.39 is 0 Å². The van der Waals surface area contributed by atoms with E-state index in [1.54, 1.807) is 24.3 Å².